The number of ether oxygens (including phenoxy) is 1. The number of carbonyl (C=O) groups is 3. The van der Waals surface area contributed by atoms with Crippen LogP contribution in [0.1, 0.15) is 25.8 Å². The van der Waals surface area contributed by atoms with E-state index in [0.29, 0.717) is 0 Å². The first-order valence-electron chi connectivity index (χ1n) is 6.63. The van der Waals surface area contributed by atoms with Crippen LogP contribution in [0.4, 0.5) is 0 Å². The predicted molar refractivity (Wildman–Crippen MR) is 75.3 cm³/mol. The van der Waals surface area contributed by atoms with E-state index in [4.69, 9.17) is 9.84 Å². The van der Waals surface area contributed by atoms with Crippen LogP contribution in [0.3, 0.4) is 0 Å². The number of benzene rings is 1. The summed E-state index contributed by atoms with van der Waals surface area (Å²) in [4.78, 5) is 34.2. The lowest BCUT2D eigenvalue weighted by Gasteiger charge is -2.15. The molecule has 0 spiro atoms. The maximum Gasteiger partial charge on any atom is 0.326 e. The third-order valence-corrected chi connectivity index (χ3v) is 2.75. The monoisotopic (exact) mass is 293 g/mol. The highest BCUT2D eigenvalue weighted by molar-refractivity contribution is 5.87. The fourth-order valence-electron chi connectivity index (χ4n) is 1.50. The SMILES string of the molecule is CC(C)C(=O)N[C@H](CC(=O)OCc1ccccc1)C(=O)O. The lowest BCUT2D eigenvalue weighted by molar-refractivity contribution is -0.151. The topological polar surface area (TPSA) is 92.7 Å². The lowest BCUT2D eigenvalue weighted by Crippen LogP contribution is -2.44. The van der Waals surface area contributed by atoms with Gasteiger partial charge in [0.15, 0.2) is 0 Å². The second-order valence-electron chi connectivity index (χ2n) is 4.90. The molecule has 0 aromatic heterocycles. The first kappa shape index (κ1) is 16.7. The molecule has 114 valence electrons. The minimum absolute atomic E-state index is 0.0736. The Bertz CT molecular complexity index is 498. The van der Waals surface area contributed by atoms with Crippen LogP contribution in [0, 0.1) is 5.92 Å². The number of esters is 1. The van der Waals surface area contributed by atoms with Gasteiger partial charge in [-0.2, -0.15) is 0 Å². The molecule has 0 fully saturated rings. The maximum absolute atomic E-state index is 11.6. The van der Waals surface area contributed by atoms with Gasteiger partial charge in [-0.15, -0.1) is 0 Å². The standard InChI is InChI=1S/C15H19NO5/c1-10(2)14(18)16-12(15(19)20)8-13(17)21-9-11-6-4-3-5-7-11/h3-7,10,12H,8-9H2,1-2H3,(H,16,18)(H,19,20)/t12-/m1/s1. The first-order chi connectivity index (χ1) is 9.90. The molecule has 0 unspecified atom stereocenters. The Morgan fingerprint density at radius 3 is 2.33 bits per heavy atom. The van der Waals surface area contributed by atoms with Gasteiger partial charge in [-0.1, -0.05) is 44.2 Å². The van der Waals surface area contributed by atoms with Gasteiger partial charge in [-0.05, 0) is 5.56 Å². The molecule has 0 aliphatic rings. The average molecular weight is 293 g/mol. The van der Waals surface area contributed by atoms with Crippen LogP contribution in [-0.2, 0) is 25.7 Å². The molecule has 1 rings (SSSR count). The van der Waals surface area contributed by atoms with Crippen LogP contribution in [-0.4, -0.2) is 29.0 Å². The normalized spacial score (nSPS) is 11.8. The fourth-order valence-corrected chi connectivity index (χ4v) is 1.50. The Kier molecular flexibility index (Phi) is 6.39. The summed E-state index contributed by atoms with van der Waals surface area (Å²) in [5.74, 6) is -2.71. The number of aliphatic carboxylic acids is 1. The molecule has 0 saturated carbocycles. The molecular weight excluding hydrogens is 274 g/mol. The molecule has 0 bridgehead atoms. The van der Waals surface area contributed by atoms with E-state index >= 15 is 0 Å². The fraction of sp³-hybridized carbons (Fsp3) is 0.400. The van der Waals surface area contributed by atoms with Crippen LogP contribution < -0.4 is 5.32 Å². The minimum Gasteiger partial charge on any atom is -0.480 e. The average Bonchev–Trinajstić information content (AvgIpc) is 2.45. The van der Waals surface area contributed by atoms with E-state index in [1.807, 2.05) is 18.2 Å². The number of nitrogens with one attached hydrogen (secondary N) is 1. The third kappa shape index (κ3) is 6.07. The minimum atomic E-state index is -1.27. The molecule has 0 saturated heterocycles. The number of carboxylic acid groups (broad SMARTS) is 1. The summed E-state index contributed by atoms with van der Waals surface area (Å²) >= 11 is 0. The summed E-state index contributed by atoms with van der Waals surface area (Å²) in [6.07, 6.45) is -0.402. The molecule has 2 N–H and O–H groups in total. The second kappa shape index (κ2) is 8.04. The van der Waals surface area contributed by atoms with Crippen molar-refractivity contribution in [2.45, 2.75) is 32.9 Å². The molecule has 6 heteroatoms. The van der Waals surface area contributed by atoms with Crippen molar-refractivity contribution in [3.05, 3.63) is 35.9 Å². The zero-order valence-electron chi connectivity index (χ0n) is 12.0. The molecule has 1 aromatic carbocycles. The van der Waals surface area contributed by atoms with Crippen LogP contribution in [0.5, 0.6) is 0 Å². The van der Waals surface area contributed by atoms with Gasteiger partial charge in [0.1, 0.15) is 12.6 Å². The largest absolute Gasteiger partial charge is 0.480 e. The smallest absolute Gasteiger partial charge is 0.326 e. The van der Waals surface area contributed by atoms with Gasteiger partial charge in [0.05, 0.1) is 6.42 Å². The molecule has 0 aliphatic carbocycles. The highest BCUT2D eigenvalue weighted by atomic mass is 16.5. The van der Waals surface area contributed by atoms with Crippen molar-refractivity contribution in [1.82, 2.24) is 5.32 Å². The molecule has 0 aliphatic heterocycles. The van der Waals surface area contributed by atoms with Gasteiger partial charge in [-0.3, -0.25) is 9.59 Å². The van der Waals surface area contributed by atoms with Gasteiger partial charge < -0.3 is 15.2 Å². The first-order valence-corrected chi connectivity index (χ1v) is 6.63. The number of hydrogen-bond donors (Lipinski definition) is 2. The Morgan fingerprint density at radius 1 is 1.19 bits per heavy atom. The van der Waals surface area contributed by atoms with Crippen molar-refractivity contribution in [3.63, 3.8) is 0 Å². The van der Waals surface area contributed by atoms with Gasteiger partial charge in [0.2, 0.25) is 5.91 Å². The Hall–Kier alpha value is -2.37. The lowest BCUT2D eigenvalue weighted by atomic mass is 10.1. The molecule has 1 aromatic rings. The van der Waals surface area contributed by atoms with Gasteiger partial charge >= 0.3 is 11.9 Å². The van der Waals surface area contributed by atoms with E-state index in [9.17, 15) is 14.4 Å². The zero-order chi connectivity index (χ0) is 15.8. The third-order valence-electron chi connectivity index (χ3n) is 2.75. The molecule has 6 nitrogen and oxygen atoms in total. The van der Waals surface area contributed by atoms with E-state index in [0.717, 1.165) is 5.56 Å². The quantitative estimate of drug-likeness (QED) is 0.740. The van der Waals surface area contributed by atoms with Crippen molar-refractivity contribution in [2.75, 3.05) is 0 Å². The summed E-state index contributed by atoms with van der Waals surface area (Å²) < 4.78 is 5.00. The van der Waals surface area contributed by atoms with Crippen LogP contribution in [0.2, 0.25) is 0 Å². The predicted octanol–water partition coefficient (Wildman–Crippen LogP) is 1.35. The Labute approximate surface area is 123 Å². The second-order valence-corrected chi connectivity index (χ2v) is 4.90. The Morgan fingerprint density at radius 2 is 1.81 bits per heavy atom. The summed E-state index contributed by atoms with van der Waals surface area (Å²) in [5, 5.41) is 11.3. The van der Waals surface area contributed by atoms with E-state index < -0.39 is 30.3 Å². The summed E-state index contributed by atoms with van der Waals surface area (Å²) in [6, 6.07) is 7.78. The summed E-state index contributed by atoms with van der Waals surface area (Å²) in [7, 11) is 0. The molecule has 21 heavy (non-hydrogen) atoms. The number of rotatable bonds is 7. The molecular formula is C15H19NO5. The van der Waals surface area contributed by atoms with Gasteiger partial charge in [-0.25, -0.2) is 4.79 Å². The van der Waals surface area contributed by atoms with Crippen molar-refractivity contribution in [2.24, 2.45) is 5.92 Å². The van der Waals surface area contributed by atoms with Gasteiger partial charge in [0, 0.05) is 5.92 Å². The Balaban J connectivity index is 2.49. The van der Waals surface area contributed by atoms with Crippen LogP contribution >= 0.6 is 0 Å². The number of carbonyl (C=O) groups excluding carboxylic acids is 2. The van der Waals surface area contributed by atoms with E-state index in [2.05, 4.69) is 5.32 Å². The number of carboxylic acids is 1. The maximum atomic E-state index is 11.6. The molecule has 0 radical (unpaired) electrons. The van der Waals surface area contributed by atoms with Crippen molar-refractivity contribution in [3.8, 4) is 0 Å². The van der Waals surface area contributed by atoms with Crippen molar-refractivity contribution >= 4 is 17.8 Å². The summed E-state index contributed by atoms with van der Waals surface area (Å²) in [6.45, 7) is 3.36. The van der Waals surface area contributed by atoms with E-state index in [1.54, 1.807) is 26.0 Å². The van der Waals surface area contributed by atoms with Crippen LogP contribution in [0.25, 0.3) is 0 Å². The van der Waals surface area contributed by atoms with Crippen molar-refractivity contribution < 1.29 is 24.2 Å². The van der Waals surface area contributed by atoms with Gasteiger partial charge in [0.25, 0.3) is 0 Å². The van der Waals surface area contributed by atoms with E-state index in [-0.39, 0.29) is 12.5 Å². The zero-order valence-corrected chi connectivity index (χ0v) is 12.0. The number of hydrogen-bond acceptors (Lipinski definition) is 4. The highest BCUT2D eigenvalue weighted by Crippen LogP contribution is 2.04. The summed E-state index contributed by atoms with van der Waals surface area (Å²) in [5.41, 5.74) is 0.809. The molecule has 0 heterocycles. The molecule has 1 amide bonds. The number of amides is 1. The highest BCUT2D eigenvalue weighted by Gasteiger charge is 2.25. The van der Waals surface area contributed by atoms with Crippen molar-refractivity contribution in [1.29, 1.82) is 0 Å². The molecule has 1 atom stereocenters. The van der Waals surface area contributed by atoms with Crippen LogP contribution in [0.15, 0.2) is 30.3 Å². The van der Waals surface area contributed by atoms with E-state index in [1.165, 1.54) is 0 Å².